The molecule has 1 aromatic rings. The van der Waals surface area contributed by atoms with Crippen LogP contribution >= 0.6 is 0 Å². The highest BCUT2D eigenvalue weighted by atomic mass is 16.3. The molecule has 2 aliphatic rings. The topological polar surface area (TPSA) is 98.6 Å². The van der Waals surface area contributed by atoms with Crippen LogP contribution in [0.15, 0.2) is 15.8 Å². The fourth-order valence-electron chi connectivity index (χ4n) is 3.56. The van der Waals surface area contributed by atoms with Crippen molar-refractivity contribution < 1.29 is 9.90 Å². The molecule has 2 N–H and O–H groups in total. The number of likely N-dealkylation sites (tertiary alicyclic amines) is 2. The summed E-state index contributed by atoms with van der Waals surface area (Å²) in [6.45, 7) is 4.15. The van der Waals surface area contributed by atoms with E-state index in [2.05, 4.69) is 9.88 Å². The van der Waals surface area contributed by atoms with Crippen LogP contribution in [0.2, 0.25) is 0 Å². The number of carbonyl (C=O) groups excluding carboxylic acids is 1. The molecule has 2 saturated heterocycles. The summed E-state index contributed by atoms with van der Waals surface area (Å²) >= 11 is 0. The Kier molecular flexibility index (Phi) is 4.86. The number of amides is 1. The third-order valence-corrected chi connectivity index (χ3v) is 4.97. The largest absolute Gasteiger partial charge is 0.390 e. The fourth-order valence-corrected chi connectivity index (χ4v) is 3.56. The van der Waals surface area contributed by atoms with Gasteiger partial charge in [-0.1, -0.05) is 6.42 Å². The zero-order chi connectivity index (χ0) is 17.3. The van der Waals surface area contributed by atoms with Crippen LogP contribution in [0.4, 0.5) is 0 Å². The molecule has 3 rings (SSSR count). The van der Waals surface area contributed by atoms with E-state index in [0.717, 1.165) is 25.9 Å². The van der Waals surface area contributed by atoms with Crippen LogP contribution in [0.1, 0.15) is 24.8 Å². The van der Waals surface area contributed by atoms with Gasteiger partial charge in [0, 0.05) is 24.8 Å². The molecule has 0 saturated carbocycles. The highest BCUT2D eigenvalue weighted by Crippen LogP contribution is 2.21. The predicted molar refractivity (Wildman–Crippen MR) is 87.9 cm³/mol. The first-order chi connectivity index (χ1) is 11.5. The zero-order valence-electron chi connectivity index (χ0n) is 13.9. The molecule has 0 aliphatic carbocycles. The van der Waals surface area contributed by atoms with E-state index < -0.39 is 17.4 Å². The van der Waals surface area contributed by atoms with Crippen molar-refractivity contribution in [1.82, 2.24) is 19.4 Å². The lowest BCUT2D eigenvalue weighted by molar-refractivity contribution is -0.131. The summed E-state index contributed by atoms with van der Waals surface area (Å²) in [5, 5.41) is 10.3. The van der Waals surface area contributed by atoms with E-state index in [0.29, 0.717) is 12.1 Å². The van der Waals surface area contributed by atoms with Gasteiger partial charge in [0.25, 0.3) is 5.56 Å². The van der Waals surface area contributed by atoms with Crippen molar-refractivity contribution in [3.8, 4) is 0 Å². The van der Waals surface area contributed by atoms with Gasteiger partial charge in [0.2, 0.25) is 5.91 Å². The number of aliphatic hydroxyl groups is 1. The molecule has 0 spiro atoms. The molecular formula is C16H24N4O4. The first-order valence-corrected chi connectivity index (χ1v) is 8.46. The summed E-state index contributed by atoms with van der Waals surface area (Å²) in [6.07, 6.45) is 4.32. The minimum atomic E-state index is -0.591. The van der Waals surface area contributed by atoms with E-state index in [4.69, 9.17) is 0 Å². The molecule has 0 aromatic carbocycles. The lowest BCUT2D eigenvalue weighted by Crippen LogP contribution is -2.46. The third kappa shape index (κ3) is 3.44. The standard InChI is InChI=1S/C16H24N4O4/c1-11-7-20(16(24)17-15(11)23)10-14(22)19-8-12(13(21)9-19)18-5-3-2-4-6-18/h7,12-13,21H,2-6,8-10H2,1H3,(H,17,23,24)/t12-,13-/m0/s1. The second kappa shape index (κ2) is 6.90. The molecule has 0 bridgehead atoms. The van der Waals surface area contributed by atoms with Gasteiger partial charge < -0.3 is 10.0 Å². The number of aliphatic hydroxyl groups excluding tert-OH is 1. The highest BCUT2D eigenvalue weighted by molar-refractivity contribution is 5.76. The maximum atomic E-state index is 12.5. The Morgan fingerprint density at radius 3 is 2.67 bits per heavy atom. The smallest absolute Gasteiger partial charge is 0.328 e. The maximum absolute atomic E-state index is 12.5. The molecule has 1 aromatic heterocycles. The van der Waals surface area contributed by atoms with Crippen LogP contribution in [0, 0.1) is 6.92 Å². The Balaban J connectivity index is 1.67. The van der Waals surface area contributed by atoms with Crippen molar-refractivity contribution in [2.45, 2.75) is 44.9 Å². The van der Waals surface area contributed by atoms with Crippen molar-refractivity contribution in [2.24, 2.45) is 0 Å². The normalized spacial score (nSPS) is 25.2. The molecule has 132 valence electrons. The van der Waals surface area contributed by atoms with Crippen LogP contribution in [0.25, 0.3) is 0 Å². The van der Waals surface area contributed by atoms with E-state index in [1.807, 2.05) is 0 Å². The van der Waals surface area contributed by atoms with E-state index in [1.54, 1.807) is 11.8 Å². The van der Waals surface area contributed by atoms with Gasteiger partial charge in [-0.2, -0.15) is 0 Å². The molecule has 2 aliphatic heterocycles. The number of H-pyrrole nitrogens is 1. The molecule has 24 heavy (non-hydrogen) atoms. The highest BCUT2D eigenvalue weighted by Gasteiger charge is 2.37. The monoisotopic (exact) mass is 336 g/mol. The molecule has 2 fully saturated rings. The van der Waals surface area contributed by atoms with Gasteiger partial charge in [-0.05, 0) is 32.9 Å². The average Bonchev–Trinajstić information content (AvgIpc) is 2.95. The summed E-state index contributed by atoms with van der Waals surface area (Å²) < 4.78 is 1.21. The Bertz CT molecular complexity index is 720. The average molecular weight is 336 g/mol. The quantitative estimate of drug-likeness (QED) is 0.730. The zero-order valence-corrected chi connectivity index (χ0v) is 13.9. The Morgan fingerprint density at radius 2 is 1.96 bits per heavy atom. The number of nitrogens with zero attached hydrogens (tertiary/aromatic N) is 3. The number of piperidine rings is 1. The molecule has 1 amide bonds. The van der Waals surface area contributed by atoms with Crippen molar-refractivity contribution in [3.63, 3.8) is 0 Å². The molecule has 3 heterocycles. The van der Waals surface area contributed by atoms with Crippen molar-refractivity contribution in [2.75, 3.05) is 26.2 Å². The van der Waals surface area contributed by atoms with Crippen LogP contribution in [0.3, 0.4) is 0 Å². The number of β-amino-alcohol motifs (C(OH)–C–C–N with tert-alkyl or cyclic N) is 1. The third-order valence-electron chi connectivity index (χ3n) is 4.97. The van der Waals surface area contributed by atoms with Gasteiger partial charge >= 0.3 is 5.69 Å². The minimum Gasteiger partial charge on any atom is -0.390 e. The Labute approximate surface area is 139 Å². The molecule has 2 atom stereocenters. The molecular weight excluding hydrogens is 312 g/mol. The van der Waals surface area contributed by atoms with Crippen LogP contribution in [-0.2, 0) is 11.3 Å². The number of aromatic amines is 1. The van der Waals surface area contributed by atoms with Crippen molar-refractivity contribution in [3.05, 3.63) is 32.6 Å². The second-order valence-corrected chi connectivity index (χ2v) is 6.73. The molecule has 0 unspecified atom stereocenters. The van der Waals surface area contributed by atoms with E-state index in [1.165, 1.54) is 17.2 Å². The van der Waals surface area contributed by atoms with Gasteiger partial charge in [-0.15, -0.1) is 0 Å². The summed E-state index contributed by atoms with van der Waals surface area (Å²) in [5.74, 6) is -0.220. The van der Waals surface area contributed by atoms with Crippen LogP contribution < -0.4 is 11.2 Å². The summed E-state index contributed by atoms with van der Waals surface area (Å²) in [5.41, 5.74) is -0.646. The lowest BCUT2D eigenvalue weighted by atomic mass is 10.1. The molecule has 8 heteroatoms. The number of hydrogen-bond donors (Lipinski definition) is 2. The molecule has 8 nitrogen and oxygen atoms in total. The number of aryl methyl sites for hydroxylation is 1. The second-order valence-electron chi connectivity index (χ2n) is 6.73. The van der Waals surface area contributed by atoms with Gasteiger partial charge in [0.15, 0.2) is 0 Å². The summed E-state index contributed by atoms with van der Waals surface area (Å²) in [6, 6.07) is -0.0247. The van der Waals surface area contributed by atoms with Gasteiger partial charge in [-0.25, -0.2) is 4.79 Å². The number of carbonyl (C=O) groups is 1. The van der Waals surface area contributed by atoms with Gasteiger partial charge in [0.05, 0.1) is 12.1 Å². The SMILES string of the molecule is Cc1cn(CC(=O)N2C[C@H](O)[C@@H](N3CCCCC3)C2)c(=O)[nH]c1=O. The van der Waals surface area contributed by atoms with Crippen LogP contribution in [0.5, 0.6) is 0 Å². The summed E-state index contributed by atoms with van der Waals surface area (Å²) in [7, 11) is 0. The summed E-state index contributed by atoms with van der Waals surface area (Å²) in [4.78, 5) is 41.7. The fraction of sp³-hybridized carbons (Fsp3) is 0.688. The van der Waals surface area contributed by atoms with Crippen molar-refractivity contribution in [1.29, 1.82) is 0 Å². The number of rotatable bonds is 3. The number of aromatic nitrogens is 2. The Hall–Kier alpha value is -1.93. The van der Waals surface area contributed by atoms with Crippen LogP contribution in [-0.4, -0.2) is 68.7 Å². The first-order valence-electron chi connectivity index (χ1n) is 8.46. The molecule has 0 radical (unpaired) electrons. The first kappa shape index (κ1) is 16.9. The predicted octanol–water partition coefficient (Wildman–Crippen LogP) is -1.10. The minimum absolute atomic E-state index is 0.0247. The van der Waals surface area contributed by atoms with Gasteiger partial charge in [0.1, 0.15) is 6.54 Å². The van der Waals surface area contributed by atoms with Crippen molar-refractivity contribution >= 4 is 5.91 Å². The van der Waals surface area contributed by atoms with Gasteiger partial charge in [-0.3, -0.25) is 24.0 Å². The lowest BCUT2D eigenvalue weighted by Gasteiger charge is -2.33. The van der Waals surface area contributed by atoms with E-state index in [9.17, 15) is 19.5 Å². The van der Waals surface area contributed by atoms with E-state index in [-0.39, 0.29) is 25.0 Å². The Morgan fingerprint density at radius 1 is 1.25 bits per heavy atom. The number of hydrogen-bond acceptors (Lipinski definition) is 5. The van der Waals surface area contributed by atoms with E-state index >= 15 is 0 Å². The number of nitrogens with one attached hydrogen (secondary N) is 1. The maximum Gasteiger partial charge on any atom is 0.328 e.